The molecule has 0 spiro atoms. The van der Waals surface area contributed by atoms with E-state index in [1.165, 1.54) is 27.4 Å². The fourth-order valence-electron chi connectivity index (χ4n) is 3.53. The van der Waals surface area contributed by atoms with Gasteiger partial charge in [-0.3, -0.25) is 9.59 Å². The number of sulfonamides is 1. The van der Waals surface area contributed by atoms with E-state index < -0.39 is 10.0 Å². The topological polar surface area (TPSA) is 111 Å². The molecule has 2 aromatic rings. The van der Waals surface area contributed by atoms with Crippen LogP contribution in [0.3, 0.4) is 0 Å². The van der Waals surface area contributed by atoms with Crippen molar-refractivity contribution in [3.05, 3.63) is 58.6 Å². The number of hydrogen-bond acceptors (Lipinski definition) is 5. The fourth-order valence-corrected chi connectivity index (χ4v) is 5.41. The molecule has 2 aromatic carbocycles. The highest BCUT2D eigenvalue weighted by Gasteiger charge is 2.33. The highest BCUT2D eigenvalue weighted by Crippen LogP contribution is 2.27. The molecule has 10 heteroatoms. The van der Waals surface area contributed by atoms with E-state index in [9.17, 15) is 23.3 Å². The number of amides is 2. The van der Waals surface area contributed by atoms with Gasteiger partial charge in [-0.2, -0.15) is 9.57 Å². The van der Waals surface area contributed by atoms with E-state index in [-0.39, 0.29) is 46.3 Å². The van der Waals surface area contributed by atoms with Gasteiger partial charge in [0.15, 0.2) is 0 Å². The number of nitrogens with one attached hydrogen (secondary N) is 1. The average Bonchev–Trinajstić information content (AvgIpc) is 2.78. The van der Waals surface area contributed by atoms with Crippen LogP contribution in [-0.4, -0.2) is 56.6 Å². The zero-order valence-electron chi connectivity index (χ0n) is 17.7. The smallest absolute Gasteiger partial charge is 0.254 e. The quantitative estimate of drug-likeness (QED) is 0.716. The number of benzene rings is 2. The molecule has 0 radical (unpaired) electrons. The van der Waals surface area contributed by atoms with Crippen molar-refractivity contribution in [3.63, 3.8) is 0 Å². The lowest BCUT2D eigenvalue weighted by Crippen LogP contribution is -2.41. The van der Waals surface area contributed by atoms with Crippen LogP contribution in [0.5, 0.6) is 0 Å². The highest BCUT2D eigenvalue weighted by molar-refractivity contribution is 7.89. The van der Waals surface area contributed by atoms with Gasteiger partial charge >= 0.3 is 0 Å². The molecule has 1 saturated heterocycles. The Morgan fingerprint density at radius 3 is 2.41 bits per heavy atom. The Kier molecular flexibility index (Phi) is 7.19. The van der Waals surface area contributed by atoms with Crippen molar-refractivity contribution in [2.24, 2.45) is 5.92 Å². The molecular weight excluding hydrogens is 452 g/mol. The summed E-state index contributed by atoms with van der Waals surface area (Å²) >= 11 is 6.19. The second-order valence-corrected chi connectivity index (χ2v) is 9.98. The first-order chi connectivity index (χ1) is 15.1. The van der Waals surface area contributed by atoms with Crippen molar-refractivity contribution in [3.8, 4) is 6.07 Å². The summed E-state index contributed by atoms with van der Waals surface area (Å²) < 4.78 is 27.2. The molecule has 1 aliphatic heterocycles. The van der Waals surface area contributed by atoms with Crippen LogP contribution in [0.2, 0.25) is 5.02 Å². The van der Waals surface area contributed by atoms with Crippen LogP contribution < -0.4 is 5.32 Å². The van der Waals surface area contributed by atoms with E-state index >= 15 is 0 Å². The number of nitriles is 1. The average molecular weight is 475 g/mol. The summed E-state index contributed by atoms with van der Waals surface area (Å²) in [6.07, 6.45) is 0.704. The Morgan fingerprint density at radius 1 is 1.16 bits per heavy atom. The fraction of sp³-hybridized carbons (Fsp3) is 0.318. The predicted octanol–water partition coefficient (Wildman–Crippen LogP) is 2.95. The minimum Gasteiger partial charge on any atom is -0.345 e. The molecule has 0 unspecified atom stereocenters. The van der Waals surface area contributed by atoms with Gasteiger partial charge in [0, 0.05) is 38.8 Å². The molecule has 0 saturated carbocycles. The predicted molar refractivity (Wildman–Crippen MR) is 121 cm³/mol. The molecule has 0 aromatic heterocycles. The number of halogens is 1. The lowest BCUT2D eigenvalue weighted by atomic mass is 9.97. The van der Waals surface area contributed by atoms with Gasteiger partial charge in [-0.15, -0.1) is 0 Å². The van der Waals surface area contributed by atoms with Crippen LogP contribution in [0.15, 0.2) is 47.4 Å². The number of piperidine rings is 1. The summed E-state index contributed by atoms with van der Waals surface area (Å²) in [6, 6.07) is 12.7. The van der Waals surface area contributed by atoms with Gasteiger partial charge in [0.05, 0.1) is 21.0 Å². The Balaban J connectivity index is 1.64. The lowest BCUT2D eigenvalue weighted by Gasteiger charge is -2.30. The van der Waals surface area contributed by atoms with E-state index in [1.54, 1.807) is 38.4 Å². The maximum Gasteiger partial charge on any atom is 0.254 e. The highest BCUT2D eigenvalue weighted by atomic mass is 35.5. The molecule has 8 nitrogen and oxygen atoms in total. The Morgan fingerprint density at radius 2 is 1.81 bits per heavy atom. The van der Waals surface area contributed by atoms with Gasteiger partial charge in [0.2, 0.25) is 15.9 Å². The molecule has 168 valence electrons. The number of nitrogens with zero attached hydrogens (tertiary/aromatic N) is 3. The third-order valence-electron chi connectivity index (χ3n) is 5.32. The zero-order chi connectivity index (χ0) is 23.5. The number of carbonyl (C=O) groups excluding carboxylic acids is 2. The molecule has 0 bridgehead atoms. The SMILES string of the molecule is CN(C)C(=O)c1ccc(NC(=O)C2CCN(S(=O)(=O)c3ccccc3C#N)CC2)cc1Cl. The Bertz CT molecular complexity index is 1180. The maximum atomic E-state index is 12.9. The monoisotopic (exact) mass is 474 g/mol. The maximum absolute atomic E-state index is 12.9. The van der Waals surface area contributed by atoms with Gasteiger partial charge in [-0.1, -0.05) is 23.7 Å². The van der Waals surface area contributed by atoms with E-state index in [1.807, 2.05) is 6.07 Å². The second kappa shape index (κ2) is 9.69. The Hall–Kier alpha value is -2.93. The molecule has 1 fully saturated rings. The van der Waals surface area contributed by atoms with E-state index in [2.05, 4.69) is 5.32 Å². The molecule has 3 rings (SSSR count). The normalized spacial score (nSPS) is 15.1. The third-order valence-corrected chi connectivity index (χ3v) is 7.59. The van der Waals surface area contributed by atoms with Crippen LogP contribution in [-0.2, 0) is 14.8 Å². The van der Waals surface area contributed by atoms with Crippen LogP contribution in [0.4, 0.5) is 5.69 Å². The van der Waals surface area contributed by atoms with Crippen LogP contribution in [0.25, 0.3) is 0 Å². The van der Waals surface area contributed by atoms with E-state index in [0.717, 1.165) is 0 Å². The number of hydrogen-bond donors (Lipinski definition) is 1. The first-order valence-electron chi connectivity index (χ1n) is 9.96. The number of rotatable bonds is 5. The van der Waals surface area contributed by atoms with Crippen molar-refractivity contribution in [2.45, 2.75) is 17.7 Å². The largest absolute Gasteiger partial charge is 0.345 e. The van der Waals surface area contributed by atoms with Crippen molar-refractivity contribution in [1.82, 2.24) is 9.21 Å². The molecule has 1 N–H and O–H groups in total. The summed E-state index contributed by atoms with van der Waals surface area (Å²) in [7, 11) is -0.563. The first-order valence-corrected chi connectivity index (χ1v) is 11.8. The summed E-state index contributed by atoms with van der Waals surface area (Å²) in [4.78, 5) is 26.2. The van der Waals surface area contributed by atoms with Crippen LogP contribution >= 0.6 is 11.6 Å². The van der Waals surface area contributed by atoms with Crippen molar-refractivity contribution in [1.29, 1.82) is 5.26 Å². The lowest BCUT2D eigenvalue weighted by molar-refractivity contribution is -0.120. The van der Waals surface area contributed by atoms with Crippen LogP contribution in [0, 0.1) is 17.2 Å². The molecule has 0 atom stereocenters. The van der Waals surface area contributed by atoms with Crippen molar-refractivity contribution in [2.75, 3.05) is 32.5 Å². The third kappa shape index (κ3) is 4.93. The molecule has 1 aliphatic rings. The number of anilines is 1. The first kappa shape index (κ1) is 23.7. The summed E-state index contributed by atoms with van der Waals surface area (Å²) in [5.74, 6) is -0.837. The zero-order valence-corrected chi connectivity index (χ0v) is 19.3. The van der Waals surface area contributed by atoms with Gasteiger partial charge < -0.3 is 10.2 Å². The Labute approximate surface area is 192 Å². The summed E-state index contributed by atoms with van der Waals surface area (Å²) in [5.41, 5.74) is 0.902. The van der Waals surface area contributed by atoms with E-state index in [4.69, 9.17) is 11.6 Å². The number of carbonyl (C=O) groups is 2. The summed E-state index contributed by atoms with van der Waals surface area (Å²) in [6.45, 7) is 0.356. The van der Waals surface area contributed by atoms with Crippen LogP contribution in [0.1, 0.15) is 28.8 Å². The molecule has 1 heterocycles. The molecule has 0 aliphatic carbocycles. The van der Waals surface area contributed by atoms with Gasteiger partial charge in [-0.25, -0.2) is 8.42 Å². The standard InChI is InChI=1S/C22H23ClN4O4S/c1-26(2)22(29)18-8-7-17(13-19(18)23)25-21(28)15-9-11-27(12-10-15)32(30,31)20-6-4-3-5-16(20)14-24/h3-8,13,15H,9-12H2,1-2H3,(H,25,28). The minimum atomic E-state index is -3.81. The van der Waals surface area contributed by atoms with Gasteiger partial charge in [-0.05, 0) is 43.2 Å². The molecule has 2 amide bonds. The molecule has 32 heavy (non-hydrogen) atoms. The van der Waals surface area contributed by atoms with Gasteiger partial charge in [0.1, 0.15) is 6.07 Å². The second-order valence-electron chi connectivity index (χ2n) is 7.67. The summed E-state index contributed by atoms with van der Waals surface area (Å²) in [5, 5.41) is 12.2. The van der Waals surface area contributed by atoms with Gasteiger partial charge in [0.25, 0.3) is 5.91 Å². The van der Waals surface area contributed by atoms with Crippen molar-refractivity contribution >= 4 is 39.1 Å². The van der Waals surface area contributed by atoms with E-state index in [0.29, 0.717) is 24.1 Å². The van der Waals surface area contributed by atoms with Crippen molar-refractivity contribution < 1.29 is 18.0 Å². The molecular formula is C22H23ClN4O4S. The minimum absolute atomic E-state index is 0.0209.